The highest BCUT2D eigenvalue weighted by atomic mass is 32.2. The molecule has 0 aliphatic carbocycles. The van der Waals surface area contributed by atoms with Crippen molar-refractivity contribution >= 4 is 35.3 Å². The Bertz CT molecular complexity index is 1320. The average molecular weight is 473 g/mol. The van der Waals surface area contributed by atoms with E-state index in [1.54, 1.807) is 30.6 Å². The van der Waals surface area contributed by atoms with E-state index in [0.717, 1.165) is 33.1 Å². The summed E-state index contributed by atoms with van der Waals surface area (Å²) < 4.78 is 10.8. The van der Waals surface area contributed by atoms with Crippen LogP contribution in [0.1, 0.15) is 5.56 Å². The highest BCUT2D eigenvalue weighted by Gasteiger charge is 2.26. The van der Waals surface area contributed by atoms with Crippen molar-refractivity contribution in [2.45, 2.75) is 11.4 Å². The van der Waals surface area contributed by atoms with E-state index in [4.69, 9.17) is 13.9 Å². The lowest BCUT2D eigenvalue weighted by molar-refractivity contribution is -0.487. The standard InChI is InChI=1S/C25H21N5O3S/c1-32-34-20-4-2-3-19(14-20)28-25-27-12-9-21(29-25)18-5-6-23-22(13-18)30(24(31)16-33-23)15-17-7-10-26-11-8-17/h2-14H,15-16H2,1H3,(H,27,28,29)/p+1. The number of benzene rings is 2. The molecule has 0 atom stereocenters. The van der Waals surface area contributed by atoms with Crippen LogP contribution < -0.4 is 15.0 Å². The molecule has 8 nitrogen and oxygen atoms in total. The third-order valence-electron chi connectivity index (χ3n) is 5.30. The van der Waals surface area contributed by atoms with Gasteiger partial charge >= 0.3 is 5.95 Å². The zero-order valence-electron chi connectivity index (χ0n) is 18.4. The summed E-state index contributed by atoms with van der Waals surface area (Å²) in [5.74, 6) is 1.17. The molecule has 3 heterocycles. The molecule has 1 aliphatic heterocycles. The lowest BCUT2D eigenvalue weighted by Gasteiger charge is -2.29. The molecule has 0 unspecified atom stereocenters. The monoisotopic (exact) mass is 472 g/mol. The number of pyridine rings is 1. The van der Waals surface area contributed by atoms with E-state index in [1.165, 1.54) is 12.0 Å². The lowest BCUT2D eigenvalue weighted by Crippen LogP contribution is -2.72. The largest absolute Gasteiger partial charge is 0.482 e. The molecule has 2 aromatic heterocycles. The van der Waals surface area contributed by atoms with Crippen LogP contribution in [0.25, 0.3) is 11.3 Å². The molecular weight excluding hydrogens is 450 g/mol. The van der Waals surface area contributed by atoms with Gasteiger partial charge in [0.05, 0.1) is 25.0 Å². The van der Waals surface area contributed by atoms with Crippen LogP contribution in [-0.4, -0.2) is 34.6 Å². The molecule has 2 aromatic carbocycles. The average Bonchev–Trinajstić information content (AvgIpc) is 2.87. The molecule has 0 saturated heterocycles. The Morgan fingerprint density at radius 3 is 2.82 bits per heavy atom. The Labute approximate surface area is 201 Å². The predicted octanol–water partition coefficient (Wildman–Crippen LogP) is 3.64. The molecule has 0 fully saturated rings. The highest BCUT2D eigenvalue weighted by molar-refractivity contribution is 7.94. The first kappa shape index (κ1) is 22.0. The number of anilines is 1. The van der Waals surface area contributed by atoms with Gasteiger partial charge in [0.15, 0.2) is 6.61 Å². The van der Waals surface area contributed by atoms with E-state index in [1.807, 2.05) is 66.0 Å². The topological polar surface area (TPSA) is 94.1 Å². The van der Waals surface area contributed by atoms with Crippen molar-refractivity contribution in [3.05, 3.63) is 84.8 Å². The van der Waals surface area contributed by atoms with Crippen LogP contribution in [0.5, 0.6) is 5.75 Å². The maximum Gasteiger partial charge on any atom is 0.331 e. The number of hydrogen-bond acceptors (Lipinski definition) is 7. The van der Waals surface area contributed by atoms with E-state index in [9.17, 15) is 4.79 Å². The smallest absolute Gasteiger partial charge is 0.331 e. The number of fused-ring (bicyclic) bond motifs is 1. The lowest BCUT2D eigenvalue weighted by atomic mass is 10.1. The molecule has 5 rings (SSSR count). The molecule has 0 radical (unpaired) electrons. The minimum atomic E-state index is -0.0908. The quantitative estimate of drug-likeness (QED) is 0.324. The summed E-state index contributed by atoms with van der Waals surface area (Å²) >= 11 is 1.31. The molecule has 1 amide bonds. The first-order chi connectivity index (χ1) is 16.7. The SMILES string of the molecule is COSc1cccc([NH2+]c2nccc(-c3ccc4c(c3)N(Cc3ccncc3)C(=O)CO4)n2)c1. The zero-order chi connectivity index (χ0) is 23.3. The molecule has 34 heavy (non-hydrogen) atoms. The fraction of sp³-hybridized carbons (Fsp3) is 0.120. The molecular formula is C25H22N5O3S+. The third-order valence-corrected chi connectivity index (χ3v) is 5.91. The van der Waals surface area contributed by atoms with Crippen molar-refractivity contribution in [1.29, 1.82) is 0 Å². The predicted molar refractivity (Wildman–Crippen MR) is 129 cm³/mol. The van der Waals surface area contributed by atoms with Crippen LogP contribution in [-0.2, 0) is 15.5 Å². The number of nitrogens with two attached hydrogens (primary N) is 1. The van der Waals surface area contributed by atoms with Crippen LogP contribution in [0.3, 0.4) is 0 Å². The number of carbonyl (C=O) groups excluding carboxylic acids is 1. The van der Waals surface area contributed by atoms with Crippen LogP contribution >= 0.6 is 12.0 Å². The fourth-order valence-electron chi connectivity index (χ4n) is 3.71. The number of ether oxygens (including phenoxy) is 1. The summed E-state index contributed by atoms with van der Waals surface area (Å²) in [7, 11) is 1.64. The van der Waals surface area contributed by atoms with Crippen LogP contribution in [0.2, 0.25) is 0 Å². The molecule has 2 N–H and O–H groups in total. The van der Waals surface area contributed by atoms with Gasteiger partial charge in [0.25, 0.3) is 5.91 Å². The van der Waals surface area contributed by atoms with Gasteiger partial charge < -0.3 is 13.8 Å². The van der Waals surface area contributed by atoms with E-state index in [2.05, 4.69) is 9.97 Å². The van der Waals surface area contributed by atoms with E-state index in [0.29, 0.717) is 18.2 Å². The summed E-state index contributed by atoms with van der Waals surface area (Å²) in [6, 6.07) is 19.4. The van der Waals surface area contributed by atoms with Crippen molar-refractivity contribution < 1.29 is 19.0 Å². The number of rotatable bonds is 7. The third kappa shape index (κ3) is 4.91. The second-order valence-corrected chi connectivity index (χ2v) is 8.54. The van der Waals surface area contributed by atoms with Gasteiger partial charge in [-0.3, -0.25) is 9.78 Å². The number of amides is 1. The van der Waals surface area contributed by atoms with E-state index < -0.39 is 0 Å². The highest BCUT2D eigenvalue weighted by Crippen LogP contribution is 2.36. The minimum absolute atomic E-state index is 0.0183. The van der Waals surface area contributed by atoms with Gasteiger partial charge in [0.2, 0.25) is 0 Å². The van der Waals surface area contributed by atoms with Gasteiger partial charge in [-0.15, -0.1) is 0 Å². The Kier molecular flexibility index (Phi) is 6.48. The van der Waals surface area contributed by atoms with Gasteiger partial charge in [-0.2, -0.15) is 9.97 Å². The molecule has 170 valence electrons. The van der Waals surface area contributed by atoms with Gasteiger partial charge in [-0.1, -0.05) is 6.07 Å². The van der Waals surface area contributed by atoms with E-state index >= 15 is 0 Å². The number of quaternary nitrogens is 1. The Hall–Kier alpha value is -3.79. The first-order valence-electron chi connectivity index (χ1n) is 10.6. The summed E-state index contributed by atoms with van der Waals surface area (Å²) in [6.07, 6.45) is 5.18. The normalized spacial score (nSPS) is 12.9. The summed E-state index contributed by atoms with van der Waals surface area (Å²) in [5, 5.41) is 1.92. The maximum absolute atomic E-state index is 12.7. The number of nitrogens with zero attached hydrogens (tertiary/aromatic N) is 4. The van der Waals surface area contributed by atoms with Crippen molar-refractivity contribution in [3.63, 3.8) is 0 Å². The fourth-order valence-corrected chi connectivity index (χ4v) is 4.22. The minimum Gasteiger partial charge on any atom is -0.482 e. The van der Waals surface area contributed by atoms with Crippen LogP contribution in [0.15, 0.2) is 84.1 Å². The Balaban J connectivity index is 1.43. The van der Waals surface area contributed by atoms with Gasteiger partial charge in [0.1, 0.15) is 11.4 Å². The summed E-state index contributed by atoms with van der Waals surface area (Å²) in [5.41, 5.74) is 4.33. The van der Waals surface area contributed by atoms with Crippen molar-refractivity contribution in [3.8, 4) is 17.0 Å². The first-order valence-corrected chi connectivity index (χ1v) is 11.4. The van der Waals surface area contributed by atoms with Crippen LogP contribution in [0, 0.1) is 0 Å². The van der Waals surface area contributed by atoms with Crippen molar-refractivity contribution in [1.82, 2.24) is 15.0 Å². The zero-order valence-corrected chi connectivity index (χ0v) is 19.2. The number of carbonyl (C=O) groups is 1. The molecule has 0 bridgehead atoms. The van der Waals surface area contributed by atoms with Gasteiger partial charge in [-0.05, 0) is 54.1 Å². The second-order valence-electron chi connectivity index (χ2n) is 7.57. The Morgan fingerprint density at radius 2 is 1.97 bits per heavy atom. The summed E-state index contributed by atoms with van der Waals surface area (Å²) in [6.45, 7) is 0.463. The molecule has 4 aromatic rings. The molecule has 0 saturated carbocycles. The Morgan fingerprint density at radius 1 is 1.09 bits per heavy atom. The number of aromatic nitrogens is 3. The molecule has 9 heteroatoms. The van der Waals surface area contributed by atoms with Gasteiger partial charge in [0, 0.05) is 47.2 Å². The van der Waals surface area contributed by atoms with E-state index in [-0.39, 0.29) is 12.5 Å². The molecule has 1 aliphatic rings. The maximum atomic E-state index is 12.7. The number of hydrogen-bond donors (Lipinski definition) is 1. The van der Waals surface area contributed by atoms with Gasteiger partial charge in [-0.25, -0.2) is 5.32 Å². The van der Waals surface area contributed by atoms with Crippen molar-refractivity contribution in [2.75, 3.05) is 18.6 Å². The summed E-state index contributed by atoms with van der Waals surface area (Å²) in [4.78, 5) is 28.6. The van der Waals surface area contributed by atoms with Crippen LogP contribution in [0.4, 0.5) is 17.3 Å². The molecule has 0 spiro atoms. The van der Waals surface area contributed by atoms with Crippen molar-refractivity contribution in [2.24, 2.45) is 0 Å². The second kappa shape index (κ2) is 10.0.